The number of fused-ring (bicyclic) bond motifs is 1. The summed E-state index contributed by atoms with van der Waals surface area (Å²) in [6.07, 6.45) is -10.4. The van der Waals surface area contributed by atoms with Crippen LogP contribution in [0.4, 0.5) is 0 Å². The van der Waals surface area contributed by atoms with Gasteiger partial charge in [0.25, 0.3) is 0 Å². The number of carbonyl (C=O) groups excluding carboxylic acids is 1. The van der Waals surface area contributed by atoms with E-state index in [1.807, 2.05) is 6.92 Å². The lowest BCUT2D eigenvalue weighted by Gasteiger charge is -2.48. The summed E-state index contributed by atoms with van der Waals surface area (Å²) in [5.41, 5.74) is 5.49. The van der Waals surface area contributed by atoms with E-state index in [0.717, 1.165) is 12.8 Å². The van der Waals surface area contributed by atoms with Crippen molar-refractivity contribution in [2.75, 3.05) is 13.2 Å². The van der Waals surface area contributed by atoms with E-state index >= 15 is 0 Å². The van der Waals surface area contributed by atoms with E-state index in [1.165, 1.54) is 0 Å². The number of aliphatic hydroxyl groups is 5. The molecule has 0 aromatic rings. The van der Waals surface area contributed by atoms with Crippen LogP contribution in [0.2, 0.25) is 0 Å². The number of primary amides is 1. The molecule has 0 bridgehead atoms. The van der Waals surface area contributed by atoms with Gasteiger partial charge in [0.05, 0.1) is 24.9 Å². The van der Waals surface area contributed by atoms with Gasteiger partial charge in [0.2, 0.25) is 5.91 Å². The maximum atomic E-state index is 11.9. The molecule has 13 nitrogen and oxygen atoms in total. The first-order chi connectivity index (χ1) is 17.6. The molecule has 4 aliphatic rings. The van der Waals surface area contributed by atoms with Gasteiger partial charge >= 0.3 is 0 Å². The monoisotopic (exact) mass is 535 g/mol. The molecular formula is C24H41NO12. The van der Waals surface area contributed by atoms with Gasteiger partial charge in [-0.3, -0.25) is 4.79 Å². The maximum Gasteiger partial charge on any atom is 0.246 e. The Labute approximate surface area is 215 Å². The summed E-state index contributed by atoms with van der Waals surface area (Å²) in [5, 5.41) is 51.3. The van der Waals surface area contributed by atoms with Crippen molar-refractivity contribution in [3.05, 3.63) is 0 Å². The highest BCUT2D eigenvalue weighted by molar-refractivity contribution is 5.78. The molecule has 13 heteroatoms. The normalized spacial score (nSPS) is 49.5. The molecule has 7 N–H and O–H groups in total. The summed E-state index contributed by atoms with van der Waals surface area (Å²) in [6, 6.07) is 0. The Morgan fingerprint density at radius 2 is 1.62 bits per heavy atom. The second-order valence-electron chi connectivity index (χ2n) is 10.6. The highest BCUT2D eigenvalue weighted by atomic mass is 16.7. The van der Waals surface area contributed by atoms with Crippen molar-refractivity contribution in [1.29, 1.82) is 0 Å². The summed E-state index contributed by atoms with van der Waals surface area (Å²) in [5.74, 6) is -0.666. The van der Waals surface area contributed by atoms with Crippen molar-refractivity contribution in [2.45, 2.75) is 126 Å². The first-order valence-electron chi connectivity index (χ1n) is 13.1. The number of rotatable bonds is 6. The Balaban J connectivity index is 1.52. The van der Waals surface area contributed by atoms with Crippen LogP contribution < -0.4 is 5.73 Å². The van der Waals surface area contributed by atoms with Crippen LogP contribution in [0, 0.1) is 5.92 Å². The van der Waals surface area contributed by atoms with E-state index < -0.39 is 92.2 Å². The van der Waals surface area contributed by atoms with Crippen LogP contribution in [-0.2, 0) is 33.2 Å². The van der Waals surface area contributed by atoms with Gasteiger partial charge in [0.1, 0.15) is 48.8 Å². The van der Waals surface area contributed by atoms with Crippen LogP contribution in [0.25, 0.3) is 0 Å². The lowest BCUT2D eigenvalue weighted by Crippen LogP contribution is -2.64. The second-order valence-corrected chi connectivity index (χ2v) is 10.6. The molecular weight excluding hydrogens is 494 g/mol. The van der Waals surface area contributed by atoms with Gasteiger partial charge in [-0.15, -0.1) is 0 Å². The molecule has 214 valence electrons. The van der Waals surface area contributed by atoms with Crippen molar-refractivity contribution < 1.29 is 58.7 Å². The Hall–Kier alpha value is -0.970. The van der Waals surface area contributed by atoms with Gasteiger partial charge in [0.15, 0.2) is 12.6 Å². The van der Waals surface area contributed by atoms with Crippen LogP contribution in [0.1, 0.15) is 46.0 Å². The Morgan fingerprint density at radius 1 is 0.865 bits per heavy atom. The van der Waals surface area contributed by atoms with Gasteiger partial charge in [0, 0.05) is 6.61 Å². The molecule has 4 rings (SSSR count). The minimum Gasteiger partial charge on any atom is -0.394 e. The number of amides is 1. The predicted molar refractivity (Wildman–Crippen MR) is 124 cm³/mol. The van der Waals surface area contributed by atoms with E-state index in [2.05, 4.69) is 0 Å². The van der Waals surface area contributed by atoms with Crippen LogP contribution in [0.15, 0.2) is 0 Å². The molecule has 3 saturated heterocycles. The fourth-order valence-corrected chi connectivity index (χ4v) is 5.59. The molecule has 3 aliphatic heterocycles. The van der Waals surface area contributed by atoms with Crippen LogP contribution in [0.5, 0.6) is 0 Å². The molecule has 37 heavy (non-hydrogen) atoms. The minimum atomic E-state index is -1.46. The third kappa shape index (κ3) is 6.28. The Bertz CT molecular complexity index is 759. The van der Waals surface area contributed by atoms with E-state index in [4.69, 9.17) is 34.2 Å². The highest BCUT2D eigenvalue weighted by Gasteiger charge is 2.51. The third-order valence-electron chi connectivity index (χ3n) is 7.84. The van der Waals surface area contributed by atoms with E-state index in [0.29, 0.717) is 19.3 Å². The number of nitrogens with two attached hydrogens (primary N) is 1. The van der Waals surface area contributed by atoms with Gasteiger partial charge in [-0.25, -0.2) is 0 Å². The molecule has 0 radical (unpaired) electrons. The summed E-state index contributed by atoms with van der Waals surface area (Å²) < 4.78 is 35.9. The molecule has 0 aromatic heterocycles. The van der Waals surface area contributed by atoms with Crippen LogP contribution in [-0.4, -0.2) is 124 Å². The Kier molecular flexibility index (Phi) is 9.78. The van der Waals surface area contributed by atoms with Crippen molar-refractivity contribution in [3.63, 3.8) is 0 Å². The van der Waals surface area contributed by atoms with Crippen LogP contribution >= 0.6 is 0 Å². The van der Waals surface area contributed by atoms with Crippen LogP contribution in [0.3, 0.4) is 0 Å². The van der Waals surface area contributed by atoms with Gasteiger partial charge < -0.3 is 59.7 Å². The van der Waals surface area contributed by atoms with Crippen molar-refractivity contribution in [1.82, 2.24) is 0 Å². The van der Waals surface area contributed by atoms with Gasteiger partial charge in [-0.1, -0.05) is 13.3 Å². The number of hydrogen-bond donors (Lipinski definition) is 6. The van der Waals surface area contributed by atoms with Gasteiger partial charge in [-0.2, -0.15) is 0 Å². The predicted octanol–water partition coefficient (Wildman–Crippen LogP) is -2.10. The first kappa shape index (κ1) is 29.0. The number of aliphatic hydroxyl groups excluding tert-OH is 5. The van der Waals surface area contributed by atoms with Crippen molar-refractivity contribution >= 4 is 5.91 Å². The third-order valence-corrected chi connectivity index (χ3v) is 7.84. The number of hydrogen-bond acceptors (Lipinski definition) is 12. The lowest BCUT2D eigenvalue weighted by atomic mass is 9.85. The minimum absolute atomic E-state index is 0.0128. The van der Waals surface area contributed by atoms with E-state index in [-0.39, 0.29) is 12.5 Å². The first-order valence-corrected chi connectivity index (χ1v) is 13.1. The quantitative estimate of drug-likeness (QED) is 0.217. The zero-order valence-corrected chi connectivity index (χ0v) is 21.2. The highest BCUT2D eigenvalue weighted by Crippen LogP contribution is 2.36. The zero-order chi connectivity index (χ0) is 26.9. The van der Waals surface area contributed by atoms with E-state index in [9.17, 15) is 30.3 Å². The van der Waals surface area contributed by atoms with Gasteiger partial charge in [-0.05, 0) is 38.5 Å². The lowest BCUT2D eigenvalue weighted by molar-refractivity contribution is -0.354. The molecule has 1 aliphatic carbocycles. The molecule has 1 saturated carbocycles. The summed E-state index contributed by atoms with van der Waals surface area (Å²) in [4.78, 5) is 11.9. The zero-order valence-electron chi connectivity index (χ0n) is 21.2. The average Bonchev–Trinajstić information content (AvgIpc) is 2.84. The number of carbonyl (C=O) groups is 1. The molecule has 14 atom stereocenters. The standard InChI is InChI=1S/C24H41NO12/c1-10-5-3-6-12(19(10)37-23-18(30)17(29)15(27)11(2)33-23)35-24-21-20(16(28)14(9-26)36-24)34-13(22(25)31)7-4-8-32-21/h10-21,23-24,26-30H,3-9H2,1-2H3,(H2,25,31). The second kappa shape index (κ2) is 12.5. The maximum absolute atomic E-state index is 11.9. The molecule has 0 aromatic carbocycles. The van der Waals surface area contributed by atoms with E-state index in [1.54, 1.807) is 6.92 Å². The molecule has 1 amide bonds. The fourth-order valence-electron chi connectivity index (χ4n) is 5.59. The molecule has 0 spiro atoms. The Morgan fingerprint density at radius 3 is 2.32 bits per heavy atom. The summed E-state index contributed by atoms with van der Waals surface area (Å²) in [6.45, 7) is 3.29. The number of ether oxygens (including phenoxy) is 6. The van der Waals surface area contributed by atoms with Crippen molar-refractivity contribution in [2.24, 2.45) is 11.7 Å². The largest absolute Gasteiger partial charge is 0.394 e. The van der Waals surface area contributed by atoms with Crippen molar-refractivity contribution in [3.8, 4) is 0 Å². The topological polar surface area (TPSA) is 200 Å². The summed E-state index contributed by atoms with van der Waals surface area (Å²) >= 11 is 0. The molecule has 4 fully saturated rings. The SMILES string of the molecule is CC1CCCC(OC2OC(CO)C(O)C3OC(C(N)=O)CCCOC23)C1OC1OC(C)C(O)C(O)C1O. The molecule has 3 heterocycles. The average molecular weight is 536 g/mol. The summed E-state index contributed by atoms with van der Waals surface area (Å²) in [7, 11) is 0. The fraction of sp³-hybridized carbons (Fsp3) is 0.958. The smallest absolute Gasteiger partial charge is 0.246 e. The molecule has 14 unspecified atom stereocenters.